The average molecular weight is 241 g/mol. The molecular formula is C11H19N3O3. The molecule has 96 valence electrons. The minimum absolute atomic E-state index is 0.125. The molecule has 1 heterocycles. The Kier molecular flexibility index (Phi) is 4.51. The molecule has 0 aliphatic heterocycles. The Morgan fingerprint density at radius 2 is 2.35 bits per heavy atom. The van der Waals surface area contributed by atoms with Gasteiger partial charge in [0, 0.05) is 6.54 Å². The standard InChI is InChI=1S/C11H19N3O3/c1-4-5-11(2,16)6-12-9-8(17-3)10(15)14-7-13-9/h7,16H,4-6H2,1-3H3,(H2,12,13,14,15). The Morgan fingerprint density at radius 1 is 1.65 bits per heavy atom. The van der Waals surface area contributed by atoms with Gasteiger partial charge in [0.1, 0.15) is 0 Å². The van der Waals surface area contributed by atoms with Gasteiger partial charge in [0.05, 0.1) is 19.0 Å². The largest absolute Gasteiger partial charge is 0.489 e. The van der Waals surface area contributed by atoms with E-state index in [0.717, 1.165) is 6.42 Å². The van der Waals surface area contributed by atoms with Crippen LogP contribution in [0.25, 0.3) is 0 Å². The van der Waals surface area contributed by atoms with Crippen molar-refractivity contribution in [2.75, 3.05) is 19.0 Å². The van der Waals surface area contributed by atoms with E-state index in [1.54, 1.807) is 6.92 Å². The third kappa shape index (κ3) is 3.74. The van der Waals surface area contributed by atoms with E-state index in [4.69, 9.17) is 4.74 Å². The van der Waals surface area contributed by atoms with Crippen LogP contribution in [0.2, 0.25) is 0 Å². The zero-order valence-electron chi connectivity index (χ0n) is 10.4. The Balaban J connectivity index is 2.76. The van der Waals surface area contributed by atoms with Crippen LogP contribution in [0, 0.1) is 0 Å². The first-order valence-corrected chi connectivity index (χ1v) is 5.58. The predicted molar refractivity (Wildman–Crippen MR) is 65.4 cm³/mol. The fraction of sp³-hybridized carbons (Fsp3) is 0.636. The molecule has 0 aromatic carbocycles. The van der Waals surface area contributed by atoms with E-state index in [-0.39, 0.29) is 11.3 Å². The minimum Gasteiger partial charge on any atom is -0.489 e. The van der Waals surface area contributed by atoms with E-state index in [1.165, 1.54) is 13.4 Å². The number of H-pyrrole nitrogens is 1. The second-order valence-corrected chi connectivity index (χ2v) is 4.21. The predicted octanol–water partition coefficient (Wildman–Crippen LogP) is 0.742. The Bertz CT molecular complexity index is 415. The molecule has 0 aliphatic rings. The molecule has 17 heavy (non-hydrogen) atoms. The van der Waals surface area contributed by atoms with Crippen molar-refractivity contribution < 1.29 is 9.84 Å². The fourth-order valence-corrected chi connectivity index (χ4v) is 1.60. The summed E-state index contributed by atoms with van der Waals surface area (Å²) >= 11 is 0. The maximum absolute atomic E-state index is 11.4. The van der Waals surface area contributed by atoms with Crippen molar-refractivity contribution in [3.8, 4) is 5.75 Å². The molecule has 0 bridgehead atoms. The van der Waals surface area contributed by atoms with Gasteiger partial charge >= 0.3 is 0 Å². The van der Waals surface area contributed by atoms with Gasteiger partial charge in [0.15, 0.2) is 5.82 Å². The number of hydrogen-bond donors (Lipinski definition) is 3. The fourth-order valence-electron chi connectivity index (χ4n) is 1.60. The highest BCUT2D eigenvalue weighted by atomic mass is 16.5. The first-order valence-electron chi connectivity index (χ1n) is 5.58. The summed E-state index contributed by atoms with van der Waals surface area (Å²) in [5.74, 6) is 0.465. The van der Waals surface area contributed by atoms with E-state index in [9.17, 15) is 9.90 Å². The Labute approximate surface area is 100 Å². The number of hydrogen-bond acceptors (Lipinski definition) is 5. The van der Waals surface area contributed by atoms with Crippen LogP contribution in [0.4, 0.5) is 5.82 Å². The van der Waals surface area contributed by atoms with Crippen molar-refractivity contribution in [2.24, 2.45) is 0 Å². The summed E-state index contributed by atoms with van der Waals surface area (Å²) in [5.41, 5.74) is -1.18. The monoisotopic (exact) mass is 241 g/mol. The maximum Gasteiger partial charge on any atom is 0.295 e. The van der Waals surface area contributed by atoms with Crippen LogP contribution in [-0.4, -0.2) is 34.3 Å². The van der Waals surface area contributed by atoms with Gasteiger partial charge in [0.25, 0.3) is 5.56 Å². The van der Waals surface area contributed by atoms with Gasteiger partial charge in [-0.3, -0.25) is 4.79 Å². The van der Waals surface area contributed by atoms with Gasteiger partial charge in [-0.05, 0) is 13.3 Å². The van der Waals surface area contributed by atoms with Gasteiger partial charge in [0.2, 0.25) is 5.75 Å². The second kappa shape index (κ2) is 5.67. The Hall–Kier alpha value is -1.56. The van der Waals surface area contributed by atoms with Crippen LogP contribution >= 0.6 is 0 Å². The quantitative estimate of drug-likeness (QED) is 0.684. The number of aromatic nitrogens is 2. The number of aliphatic hydroxyl groups is 1. The molecule has 0 fully saturated rings. The smallest absolute Gasteiger partial charge is 0.295 e. The van der Waals surface area contributed by atoms with Crippen molar-refractivity contribution in [3.05, 3.63) is 16.7 Å². The number of rotatable bonds is 6. The third-order valence-corrected chi connectivity index (χ3v) is 2.44. The van der Waals surface area contributed by atoms with E-state index < -0.39 is 5.60 Å². The van der Waals surface area contributed by atoms with Crippen LogP contribution in [0.1, 0.15) is 26.7 Å². The number of anilines is 1. The lowest BCUT2D eigenvalue weighted by atomic mass is 10.0. The number of nitrogens with zero attached hydrogens (tertiary/aromatic N) is 1. The van der Waals surface area contributed by atoms with E-state index >= 15 is 0 Å². The van der Waals surface area contributed by atoms with Crippen molar-refractivity contribution in [1.82, 2.24) is 9.97 Å². The van der Waals surface area contributed by atoms with Gasteiger partial charge in [-0.25, -0.2) is 4.98 Å². The molecule has 1 rings (SSSR count). The van der Waals surface area contributed by atoms with E-state index in [2.05, 4.69) is 15.3 Å². The van der Waals surface area contributed by atoms with Crippen LogP contribution in [0.15, 0.2) is 11.1 Å². The topological polar surface area (TPSA) is 87.2 Å². The zero-order valence-corrected chi connectivity index (χ0v) is 10.4. The number of nitrogens with one attached hydrogen (secondary N) is 2. The molecule has 1 aromatic rings. The summed E-state index contributed by atoms with van der Waals surface area (Å²) in [6.07, 6.45) is 2.85. The molecule has 6 nitrogen and oxygen atoms in total. The molecule has 0 amide bonds. The van der Waals surface area contributed by atoms with Crippen molar-refractivity contribution in [3.63, 3.8) is 0 Å². The van der Waals surface area contributed by atoms with E-state index in [1.807, 2.05) is 6.92 Å². The molecule has 1 atom stereocenters. The molecule has 0 saturated heterocycles. The molecule has 0 radical (unpaired) electrons. The summed E-state index contributed by atoms with van der Waals surface area (Å²) in [6, 6.07) is 0. The van der Waals surface area contributed by atoms with Crippen LogP contribution < -0.4 is 15.6 Å². The normalized spacial score (nSPS) is 14.1. The minimum atomic E-state index is -0.829. The molecule has 6 heteroatoms. The highest BCUT2D eigenvalue weighted by Gasteiger charge is 2.20. The van der Waals surface area contributed by atoms with Crippen molar-refractivity contribution in [2.45, 2.75) is 32.3 Å². The zero-order chi connectivity index (χ0) is 12.9. The summed E-state index contributed by atoms with van der Waals surface area (Å²) in [4.78, 5) is 17.8. The summed E-state index contributed by atoms with van der Waals surface area (Å²) in [5, 5.41) is 12.9. The molecule has 0 saturated carbocycles. The lowest BCUT2D eigenvalue weighted by Crippen LogP contribution is -2.33. The molecular weight excluding hydrogens is 222 g/mol. The van der Waals surface area contributed by atoms with Gasteiger partial charge in [-0.2, -0.15) is 0 Å². The summed E-state index contributed by atoms with van der Waals surface area (Å²) < 4.78 is 4.95. The van der Waals surface area contributed by atoms with E-state index in [0.29, 0.717) is 18.8 Å². The Morgan fingerprint density at radius 3 is 2.94 bits per heavy atom. The van der Waals surface area contributed by atoms with Crippen LogP contribution in [-0.2, 0) is 0 Å². The highest BCUT2D eigenvalue weighted by Crippen LogP contribution is 2.17. The average Bonchev–Trinajstić information content (AvgIpc) is 2.26. The molecule has 1 unspecified atom stereocenters. The van der Waals surface area contributed by atoms with Crippen LogP contribution in [0.5, 0.6) is 5.75 Å². The summed E-state index contributed by atoms with van der Waals surface area (Å²) in [6.45, 7) is 4.05. The maximum atomic E-state index is 11.4. The van der Waals surface area contributed by atoms with Crippen LogP contribution in [0.3, 0.4) is 0 Å². The second-order valence-electron chi connectivity index (χ2n) is 4.21. The molecule has 0 spiro atoms. The first-order chi connectivity index (χ1) is 8.00. The van der Waals surface area contributed by atoms with Crippen molar-refractivity contribution in [1.29, 1.82) is 0 Å². The van der Waals surface area contributed by atoms with Gasteiger partial charge < -0.3 is 20.1 Å². The highest BCUT2D eigenvalue weighted by molar-refractivity contribution is 5.47. The van der Waals surface area contributed by atoms with Crippen molar-refractivity contribution >= 4 is 5.82 Å². The molecule has 1 aromatic heterocycles. The molecule has 3 N–H and O–H groups in total. The van der Waals surface area contributed by atoms with Gasteiger partial charge in [-0.1, -0.05) is 13.3 Å². The number of ether oxygens (including phenoxy) is 1. The first kappa shape index (κ1) is 13.5. The van der Waals surface area contributed by atoms with Gasteiger partial charge in [-0.15, -0.1) is 0 Å². The summed E-state index contributed by atoms with van der Waals surface area (Å²) in [7, 11) is 1.40. The lowest BCUT2D eigenvalue weighted by molar-refractivity contribution is 0.0635. The number of aromatic amines is 1. The SMILES string of the molecule is CCCC(C)(O)CNc1nc[nH]c(=O)c1OC. The number of methoxy groups -OCH3 is 1. The third-order valence-electron chi connectivity index (χ3n) is 2.44. The lowest BCUT2D eigenvalue weighted by Gasteiger charge is -2.23. The molecule has 0 aliphatic carbocycles.